The molecule has 0 amide bonds. The first-order valence-corrected chi connectivity index (χ1v) is 4.58. The third-order valence-corrected chi connectivity index (χ3v) is 2.40. The van der Waals surface area contributed by atoms with E-state index < -0.39 is 11.9 Å². The van der Waals surface area contributed by atoms with E-state index in [2.05, 4.69) is 26.0 Å². The van der Waals surface area contributed by atoms with Gasteiger partial charge in [0.15, 0.2) is 0 Å². The van der Waals surface area contributed by atoms with Crippen LogP contribution in [0.1, 0.15) is 11.6 Å². The van der Waals surface area contributed by atoms with E-state index in [-0.39, 0.29) is 6.61 Å². The molecule has 1 rings (SSSR count). The summed E-state index contributed by atoms with van der Waals surface area (Å²) in [7, 11) is 0. The third kappa shape index (κ3) is 2.45. The molecule has 14 heavy (non-hydrogen) atoms. The predicted molar refractivity (Wildman–Crippen MR) is 53.1 cm³/mol. The standard InChI is InChI=1S/C8H7BrFN3O/c9-7-2-1-5(10)3-6(7)8(4-14)12-13-11/h1-3,8,14H,4H2. The van der Waals surface area contributed by atoms with Crippen molar-refractivity contribution in [2.45, 2.75) is 6.04 Å². The Balaban J connectivity index is 3.14. The molecule has 0 aliphatic heterocycles. The van der Waals surface area contributed by atoms with Crippen LogP contribution in [0.25, 0.3) is 10.4 Å². The van der Waals surface area contributed by atoms with Gasteiger partial charge in [-0.1, -0.05) is 21.0 Å². The first-order chi connectivity index (χ1) is 6.69. The zero-order valence-corrected chi connectivity index (χ0v) is 8.65. The number of rotatable bonds is 3. The van der Waals surface area contributed by atoms with Crippen molar-refractivity contribution >= 4 is 15.9 Å². The van der Waals surface area contributed by atoms with E-state index >= 15 is 0 Å². The van der Waals surface area contributed by atoms with Gasteiger partial charge in [-0.2, -0.15) is 0 Å². The van der Waals surface area contributed by atoms with Crippen LogP contribution in [-0.2, 0) is 0 Å². The minimum absolute atomic E-state index is 0.355. The van der Waals surface area contributed by atoms with Gasteiger partial charge in [-0.25, -0.2) is 4.39 Å². The Morgan fingerprint density at radius 3 is 2.93 bits per heavy atom. The van der Waals surface area contributed by atoms with E-state index in [9.17, 15) is 4.39 Å². The van der Waals surface area contributed by atoms with Crippen LogP contribution in [0.4, 0.5) is 4.39 Å². The summed E-state index contributed by atoms with van der Waals surface area (Å²) in [6, 6.07) is 3.24. The molecule has 0 saturated carbocycles. The number of azide groups is 1. The molecular weight excluding hydrogens is 253 g/mol. The largest absolute Gasteiger partial charge is 0.396 e. The number of halogens is 2. The molecule has 1 aromatic carbocycles. The summed E-state index contributed by atoms with van der Waals surface area (Å²) in [4.78, 5) is 2.58. The second-order valence-electron chi connectivity index (χ2n) is 2.57. The highest BCUT2D eigenvalue weighted by Gasteiger charge is 2.12. The smallest absolute Gasteiger partial charge is 0.123 e. The van der Waals surface area contributed by atoms with E-state index in [1.54, 1.807) is 0 Å². The Labute approximate surface area is 88.1 Å². The van der Waals surface area contributed by atoms with Crippen molar-refractivity contribution in [2.24, 2.45) is 5.11 Å². The summed E-state index contributed by atoms with van der Waals surface area (Å²) in [5.41, 5.74) is 8.66. The fourth-order valence-electron chi connectivity index (χ4n) is 1.03. The quantitative estimate of drug-likeness (QED) is 0.506. The number of aliphatic hydroxyl groups excluding tert-OH is 1. The average Bonchev–Trinajstić information content (AvgIpc) is 2.18. The van der Waals surface area contributed by atoms with Gasteiger partial charge in [0, 0.05) is 9.38 Å². The van der Waals surface area contributed by atoms with Crippen LogP contribution in [-0.4, -0.2) is 11.7 Å². The molecule has 1 N–H and O–H groups in total. The van der Waals surface area contributed by atoms with E-state index in [0.29, 0.717) is 10.0 Å². The molecule has 1 aromatic rings. The summed E-state index contributed by atoms with van der Waals surface area (Å²) >= 11 is 3.18. The van der Waals surface area contributed by atoms with Gasteiger partial charge in [0.25, 0.3) is 0 Å². The molecule has 0 spiro atoms. The molecule has 1 unspecified atom stereocenters. The fourth-order valence-corrected chi connectivity index (χ4v) is 1.54. The molecule has 0 bridgehead atoms. The highest BCUT2D eigenvalue weighted by atomic mass is 79.9. The molecule has 1 atom stereocenters. The first-order valence-electron chi connectivity index (χ1n) is 3.79. The lowest BCUT2D eigenvalue weighted by molar-refractivity contribution is 0.267. The average molecular weight is 260 g/mol. The highest BCUT2D eigenvalue weighted by molar-refractivity contribution is 9.10. The van der Waals surface area contributed by atoms with Crippen LogP contribution in [0.5, 0.6) is 0 Å². The van der Waals surface area contributed by atoms with Gasteiger partial charge in [-0.05, 0) is 29.3 Å². The summed E-state index contributed by atoms with van der Waals surface area (Å²) < 4.78 is 13.4. The second-order valence-corrected chi connectivity index (χ2v) is 3.42. The van der Waals surface area contributed by atoms with Gasteiger partial charge in [-0.15, -0.1) is 0 Å². The van der Waals surface area contributed by atoms with E-state index in [0.717, 1.165) is 0 Å². The summed E-state index contributed by atoms with van der Waals surface area (Å²) in [6.07, 6.45) is 0. The zero-order valence-electron chi connectivity index (χ0n) is 7.06. The van der Waals surface area contributed by atoms with Crippen LogP contribution in [0.15, 0.2) is 27.8 Å². The van der Waals surface area contributed by atoms with Crippen molar-refractivity contribution < 1.29 is 9.50 Å². The number of hydrogen-bond acceptors (Lipinski definition) is 2. The Hall–Kier alpha value is -1.10. The molecule has 6 heteroatoms. The number of nitrogens with zero attached hydrogens (tertiary/aromatic N) is 3. The van der Waals surface area contributed by atoms with Crippen molar-refractivity contribution in [3.63, 3.8) is 0 Å². The Kier molecular flexibility index (Phi) is 3.88. The minimum Gasteiger partial charge on any atom is -0.396 e. The first kappa shape index (κ1) is 11.0. The van der Waals surface area contributed by atoms with Crippen LogP contribution < -0.4 is 0 Å². The van der Waals surface area contributed by atoms with Gasteiger partial charge in [0.2, 0.25) is 0 Å². The normalized spacial score (nSPS) is 11.9. The molecule has 0 radical (unpaired) electrons. The van der Waals surface area contributed by atoms with Crippen LogP contribution >= 0.6 is 15.9 Å². The molecule has 0 fully saturated rings. The second kappa shape index (κ2) is 4.95. The molecule has 74 valence electrons. The van der Waals surface area contributed by atoms with Crippen LogP contribution in [0, 0.1) is 5.82 Å². The maximum atomic E-state index is 12.8. The summed E-state index contributed by atoms with van der Waals surface area (Å²) in [6.45, 7) is -0.355. The Morgan fingerprint density at radius 2 is 2.36 bits per heavy atom. The van der Waals surface area contributed by atoms with Crippen molar-refractivity contribution in [1.82, 2.24) is 0 Å². The van der Waals surface area contributed by atoms with Gasteiger partial charge < -0.3 is 5.11 Å². The monoisotopic (exact) mass is 259 g/mol. The molecule has 0 aromatic heterocycles. The van der Waals surface area contributed by atoms with Crippen LogP contribution in [0.2, 0.25) is 0 Å². The number of benzene rings is 1. The van der Waals surface area contributed by atoms with Gasteiger partial charge >= 0.3 is 0 Å². The molecule has 0 saturated heterocycles. The molecule has 0 heterocycles. The number of hydrogen-bond donors (Lipinski definition) is 1. The Morgan fingerprint density at radius 1 is 1.64 bits per heavy atom. The zero-order chi connectivity index (χ0) is 10.6. The molecule has 0 aliphatic carbocycles. The maximum absolute atomic E-state index is 12.8. The van der Waals surface area contributed by atoms with Crippen molar-refractivity contribution in [1.29, 1.82) is 0 Å². The maximum Gasteiger partial charge on any atom is 0.123 e. The van der Waals surface area contributed by atoms with E-state index in [4.69, 9.17) is 10.6 Å². The summed E-state index contributed by atoms with van der Waals surface area (Å²) in [5, 5.41) is 12.3. The van der Waals surface area contributed by atoms with Gasteiger partial charge in [0.1, 0.15) is 5.82 Å². The fraction of sp³-hybridized carbons (Fsp3) is 0.250. The minimum atomic E-state index is -0.759. The van der Waals surface area contributed by atoms with Gasteiger partial charge in [-0.3, -0.25) is 0 Å². The number of aliphatic hydroxyl groups is 1. The SMILES string of the molecule is [N-]=[N+]=NC(CO)c1cc(F)ccc1Br. The lowest BCUT2D eigenvalue weighted by Crippen LogP contribution is -2.01. The lowest BCUT2D eigenvalue weighted by atomic mass is 10.1. The van der Waals surface area contributed by atoms with E-state index in [1.807, 2.05) is 0 Å². The third-order valence-electron chi connectivity index (χ3n) is 1.68. The molecule has 0 aliphatic rings. The van der Waals surface area contributed by atoms with Gasteiger partial charge in [0.05, 0.1) is 12.6 Å². The molecular formula is C8H7BrFN3O. The van der Waals surface area contributed by atoms with Crippen molar-refractivity contribution in [2.75, 3.05) is 6.61 Å². The molecule has 4 nitrogen and oxygen atoms in total. The Bertz CT molecular complexity index is 379. The topological polar surface area (TPSA) is 69.0 Å². The van der Waals surface area contributed by atoms with E-state index in [1.165, 1.54) is 18.2 Å². The predicted octanol–water partition coefficient (Wildman–Crippen LogP) is 2.93. The van der Waals surface area contributed by atoms with Crippen molar-refractivity contribution in [3.8, 4) is 0 Å². The van der Waals surface area contributed by atoms with Crippen LogP contribution in [0.3, 0.4) is 0 Å². The highest BCUT2D eigenvalue weighted by Crippen LogP contribution is 2.26. The van der Waals surface area contributed by atoms with Crippen molar-refractivity contribution in [3.05, 3.63) is 44.5 Å². The summed E-state index contributed by atoms with van der Waals surface area (Å²) in [5.74, 6) is -0.435. The lowest BCUT2D eigenvalue weighted by Gasteiger charge is -2.09.